The van der Waals surface area contributed by atoms with Gasteiger partial charge >= 0.3 is 0 Å². The van der Waals surface area contributed by atoms with Crippen LogP contribution in [0.4, 0.5) is 11.6 Å². The molecule has 0 aliphatic carbocycles. The Bertz CT molecular complexity index is 1130. The molecular weight excluding hydrogens is 372 g/mol. The highest BCUT2D eigenvalue weighted by Crippen LogP contribution is 2.31. The molecule has 1 saturated heterocycles. The number of anilines is 2. The van der Waals surface area contributed by atoms with Crippen molar-refractivity contribution in [2.24, 2.45) is 0 Å². The molecule has 1 aliphatic rings. The third-order valence-electron chi connectivity index (χ3n) is 5.01. The minimum atomic E-state index is 0.784. The van der Waals surface area contributed by atoms with E-state index in [-0.39, 0.29) is 0 Å². The summed E-state index contributed by atoms with van der Waals surface area (Å²) in [6, 6.07) is 3.96. The van der Waals surface area contributed by atoms with Crippen molar-refractivity contribution in [3.05, 3.63) is 47.6 Å². The Balaban J connectivity index is 1.35. The zero-order valence-corrected chi connectivity index (χ0v) is 16.6. The highest BCUT2D eigenvalue weighted by atomic mass is 32.1. The lowest BCUT2D eigenvalue weighted by atomic mass is 10.2. The van der Waals surface area contributed by atoms with Gasteiger partial charge in [0.1, 0.15) is 24.3 Å². The topological polar surface area (TPSA) is 75.9 Å². The summed E-state index contributed by atoms with van der Waals surface area (Å²) in [4.78, 5) is 22.5. The number of nitrogens with zero attached hydrogens (tertiary/aromatic N) is 8. The normalized spacial score (nSPS) is 14.8. The molecule has 4 aromatic rings. The second kappa shape index (κ2) is 6.83. The van der Waals surface area contributed by atoms with Crippen LogP contribution in [0.3, 0.4) is 0 Å². The van der Waals surface area contributed by atoms with Gasteiger partial charge in [-0.15, -0.1) is 11.3 Å². The van der Waals surface area contributed by atoms with Crippen molar-refractivity contribution in [2.75, 3.05) is 36.0 Å². The quantitative estimate of drug-likeness (QED) is 0.530. The van der Waals surface area contributed by atoms with Crippen molar-refractivity contribution in [1.29, 1.82) is 0 Å². The number of thiophene rings is 1. The van der Waals surface area contributed by atoms with Crippen LogP contribution < -0.4 is 9.80 Å². The Kier molecular flexibility index (Phi) is 4.16. The number of rotatable bonds is 3. The summed E-state index contributed by atoms with van der Waals surface area (Å²) in [5, 5.41) is 6.59. The lowest BCUT2D eigenvalue weighted by Crippen LogP contribution is -2.47. The molecule has 1 fully saturated rings. The maximum absolute atomic E-state index is 4.57. The van der Waals surface area contributed by atoms with Crippen molar-refractivity contribution >= 4 is 33.2 Å². The number of hydrogen-bond donors (Lipinski definition) is 0. The number of piperazine rings is 1. The molecule has 9 heteroatoms. The van der Waals surface area contributed by atoms with Crippen LogP contribution in [0.5, 0.6) is 0 Å². The lowest BCUT2D eigenvalue weighted by Gasteiger charge is -2.36. The zero-order valence-electron chi connectivity index (χ0n) is 15.8. The molecule has 0 aromatic carbocycles. The standard InChI is InChI=1S/C19H20N8S/c1-13-10-28-18-17(13)22-12-23-19(18)26-7-5-25(6-8-26)15-9-16(21-11-20-15)27-4-3-14(2)24-27/h3-4,9-12H,5-8H2,1-2H3. The Morgan fingerprint density at radius 2 is 1.64 bits per heavy atom. The Morgan fingerprint density at radius 3 is 2.43 bits per heavy atom. The maximum Gasteiger partial charge on any atom is 0.158 e. The van der Waals surface area contributed by atoms with E-state index in [1.807, 2.05) is 25.3 Å². The van der Waals surface area contributed by atoms with Gasteiger partial charge in [0.05, 0.1) is 15.9 Å². The van der Waals surface area contributed by atoms with Crippen LogP contribution in [0.2, 0.25) is 0 Å². The highest BCUT2D eigenvalue weighted by Gasteiger charge is 2.22. The largest absolute Gasteiger partial charge is 0.353 e. The van der Waals surface area contributed by atoms with Crippen LogP contribution in [-0.4, -0.2) is 55.9 Å². The van der Waals surface area contributed by atoms with E-state index < -0.39 is 0 Å². The zero-order chi connectivity index (χ0) is 19.1. The molecule has 28 heavy (non-hydrogen) atoms. The first kappa shape index (κ1) is 17.1. The van der Waals surface area contributed by atoms with Crippen LogP contribution in [-0.2, 0) is 0 Å². The summed E-state index contributed by atoms with van der Waals surface area (Å²) >= 11 is 1.72. The minimum Gasteiger partial charge on any atom is -0.353 e. The Morgan fingerprint density at radius 1 is 0.893 bits per heavy atom. The van der Waals surface area contributed by atoms with Gasteiger partial charge in [0.15, 0.2) is 5.82 Å². The van der Waals surface area contributed by atoms with Gasteiger partial charge in [-0.1, -0.05) is 0 Å². The summed E-state index contributed by atoms with van der Waals surface area (Å²) < 4.78 is 2.96. The third kappa shape index (κ3) is 2.97. The van der Waals surface area contributed by atoms with Crippen LogP contribution in [0, 0.1) is 13.8 Å². The molecule has 8 nitrogen and oxygen atoms in total. The second-order valence-corrected chi connectivity index (χ2v) is 7.78. The lowest BCUT2D eigenvalue weighted by molar-refractivity contribution is 0.641. The molecule has 5 heterocycles. The molecule has 1 aliphatic heterocycles. The molecule has 5 rings (SSSR count). The maximum atomic E-state index is 4.57. The fourth-order valence-electron chi connectivity index (χ4n) is 3.51. The highest BCUT2D eigenvalue weighted by molar-refractivity contribution is 7.18. The number of hydrogen-bond acceptors (Lipinski definition) is 8. The van der Waals surface area contributed by atoms with Gasteiger partial charge in [0, 0.05) is 38.4 Å². The van der Waals surface area contributed by atoms with Crippen LogP contribution in [0.1, 0.15) is 11.3 Å². The second-order valence-electron chi connectivity index (χ2n) is 6.90. The van der Waals surface area contributed by atoms with E-state index in [1.54, 1.807) is 28.7 Å². The molecule has 0 N–H and O–H groups in total. The van der Waals surface area contributed by atoms with Crippen molar-refractivity contribution < 1.29 is 0 Å². The first-order valence-corrected chi connectivity index (χ1v) is 10.1. The van der Waals surface area contributed by atoms with Gasteiger partial charge in [-0.2, -0.15) is 5.10 Å². The number of aryl methyl sites for hydroxylation is 2. The summed E-state index contributed by atoms with van der Waals surface area (Å²) in [7, 11) is 0. The molecule has 4 aromatic heterocycles. The van der Waals surface area contributed by atoms with Crippen LogP contribution in [0.15, 0.2) is 36.4 Å². The fourth-order valence-corrected chi connectivity index (χ4v) is 4.53. The van der Waals surface area contributed by atoms with Gasteiger partial charge in [-0.3, -0.25) is 0 Å². The van der Waals surface area contributed by atoms with E-state index in [1.165, 1.54) is 10.3 Å². The summed E-state index contributed by atoms with van der Waals surface area (Å²) in [6.45, 7) is 7.61. The van der Waals surface area contributed by atoms with Crippen molar-refractivity contribution in [3.8, 4) is 5.82 Å². The summed E-state index contributed by atoms with van der Waals surface area (Å²) in [5.41, 5.74) is 3.24. The van der Waals surface area contributed by atoms with E-state index in [0.29, 0.717) is 0 Å². The minimum absolute atomic E-state index is 0.784. The number of aromatic nitrogens is 6. The van der Waals surface area contributed by atoms with Crippen molar-refractivity contribution in [2.45, 2.75) is 13.8 Å². The van der Waals surface area contributed by atoms with Gasteiger partial charge in [0.2, 0.25) is 0 Å². The van der Waals surface area contributed by atoms with Gasteiger partial charge in [-0.05, 0) is 30.9 Å². The van der Waals surface area contributed by atoms with Crippen LogP contribution in [0.25, 0.3) is 16.0 Å². The van der Waals surface area contributed by atoms with Crippen molar-refractivity contribution in [1.82, 2.24) is 29.7 Å². The van der Waals surface area contributed by atoms with E-state index in [4.69, 9.17) is 0 Å². The summed E-state index contributed by atoms with van der Waals surface area (Å²) in [6.07, 6.45) is 5.20. The molecule has 142 valence electrons. The molecular formula is C19H20N8S. The van der Waals surface area contributed by atoms with Gasteiger partial charge < -0.3 is 9.80 Å². The van der Waals surface area contributed by atoms with Gasteiger partial charge in [-0.25, -0.2) is 24.6 Å². The first-order chi connectivity index (χ1) is 13.7. The van der Waals surface area contributed by atoms with E-state index in [9.17, 15) is 0 Å². The Labute approximate surface area is 166 Å². The Hall–Kier alpha value is -3.07. The molecule has 0 radical (unpaired) electrons. The van der Waals surface area contributed by atoms with E-state index >= 15 is 0 Å². The molecule has 0 atom stereocenters. The summed E-state index contributed by atoms with van der Waals surface area (Å²) in [5.74, 6) is 2.75. The molecule has 0 amide bonds. The first-order valence-electron chi connectivity index (χ1n) is 9.22. The molecule has 0 saturated carbocycles. The fraction of sp³-hybridized carbons (Fsp3) is 0.316. The molecule has 0 bridgehead atoms. The average Bonchev–Trinajstić information content (AvgIpc) is 3.34. The van der Waals surface area contributed by atoms with Crippen LogP contribution >= 0.6 is 11.3 Å². The molecule has 0 spiro atoms. The van der Waals surface area contributed by atoms with Crippen molar-refractivity contribution in [3.63, 3.8) is 0 Å². The average molecular weight is 392 g/mol. The van der Waals surface area contributed by atoms with E-state index in [2.05, 4.69) is 47.1 Å². The van der Waals surface area contributed by atoms with Gasteiger partial charge in [0.25, 0.3) is 0 Å². The SMILES string of the molecule is Cc1ccn(-c2cc(N3CCN(c4ncnc5c(C)csc45)CC3)ncn2)n1. The predicted octanol–water partition coefficient (Wildman–Crippen LogP) is 2.61. The monoisotopic (exact) mass is 392 g/mol. The third-order valence-corrected chi connectivity index (χ3v) is 6.09. The smallest absolute Gasteiger partial charge is 0.158 e. The van der Waals surface area contributed by atoms with E-state index in [0.717, 1.165) is 54.8 Å². The predicted molar refractivity (Wildman–Crippen MR) is 110 cm³/mol. The molecule has 0 unspecified atom stereocenters. The number of fused-ring (bicyclic) bond motifs is 1.